The smallest absolute Gasteiger partial charge is 0.264 e. The van der Waals surface area contributed by atoms with Crippen LogP contribution in [-0.4, -0.2) is 35.1 Å². The maximum absolute atomic E-state index is 12.7. The Hall–Kier alpha value is -3.23. The Morgan fingerprint density at radius 1 is 1.03 bits per heavy atom. The predicted octanol–water partition coefficient (Wildman–Crippen LogP) is 4.19. The molecule has 0 fully saturated rings. The summed E-state index contributed by atoms with van der Waals surface area (Å²) in [5.41, 5.74) is 0.982. The van der Waals surface area contributed by atoms with E-state index in [4.69, 9.17) is 21.1 Å². The third-order valence-corrected chi connectivity index (χ3v) is 6.50. The Labute approximate surface area is 186 Å². The van der Waals surface area contributed by atoms with Crippen molar-refractivity contribution in [1.82, 2.24) is 0 Å². The van der Waals surface area contributed by atoms with E-state index in [0.717, 1.165) is 0 Å². The van der Waals surface area contributed by atoms with Crippen LogP contribution >= 0.6 is 11.6 Å². The summed E-state index contributed by atoms with van der Waals surface area (Å²) in [4.78, 5) is 12.3. The zero-order valence-corrected chi connectivity index (χ0v) is 18.5. The van der Waals surface area contributed by atoms with Gasteiger partial charge in [-0.2, -0.15) is 0 Å². The van der Waals surface area contributed by atoms with Crippen molar-refractivity contribution >= 4 is 38.9 Å². The molecule has 0 aliphatic rings. The molecule has 7 nitrogen and oxygen atoms in total. The lowest BCUT2D eigenvalue weighted by Crippen LogP contribution is -2.26. The van der Waals surface area contributed by atoms with E-state index in [1.807, 2.05) is 0 Å². The average molecular weight is 461 g/mol. The third kappa shape index (κ3) is 5.48. The van der Waals surface area contributed by atoms with Crippen molar-refractivity contribution in [3.63, 3.8) is 0 Å². The monoisotopic (exact) mass is 460 g/mol. The molecule has 0 radical (unpaired) electrons. The summed E-state index contributed by atoms with van der Waals surface area (Å²) in [7, 11) is -0.680. The first-order valence-electron chi connectivity index (χ1n) is 9.21. The number of carbonyl (C=O) groups is 1. The number of ether oxygens (including phenoxy) is 2. The molecule has 0 heterocycles. The predicted molar refractivity (Wildman–Crippen MR) is 121 cm³/mol. The van der Waals surface area contributed by atoms with E-state index in [2.05, 4.69) is 5.32 Å². The van der Waals surface area contributed by atoms with Gasteiger partial charge < -0.3 is 14.8 Å². The van der Waals surface area contributed by atoms with Crippen LogP contribution in [0.1, 0.15) is 0 Å². The molecule has 0 aliphatic heterocycles. The minimum absolute atomic E-state index is 0.202. The summed E-state index contributed by atoms with van der Waals surface area (Å²) in [6.07, 6.45) is 0. The van der Waals surface area contributed by atoms with Crippen molar-refractivity contribution in [2.75, 3.05) is 30.4 Å². The van der Waals surface area contributed by atoms with Gasteiger partial charge in [0.1, 0.15) is 11.5 Å². The van der Waals surface area contributed by atoms with Crippen molar-refractivity contribution < 1.29 is 22.7 Å². The summed E-state index contributed by atoms with van der Waals surface area (Å²) in [6, 6.07) is 19.5. The second-order valence-electron chi connectivity index (χ2n) is 6.47. The van der Waals surface area contributed by atoms with Crippen molar-refractivity contribution in [3.05, 3.63) is 77.8 Å². The molecule has 1 N–H and O–H groups in total. The van der Waals surface area contributed by atoms with Crippen LogP contribution in [0.4, 0.5) is 11.4 Å². The molecule has 3 aromatic rings. The number of halogens is 1. The summed E-state index contributed by atoms with van der Waals surface area (Å²) in [5, 5.41) is 3.06. The number of methoxy groups -OCH3 is 1. The standard InChI is InChI=1S/C22H21ClN2O5S/c1-25(31(27,28)19-6-4-3-5-7-19)17-9-11-18(12-10-17)30-15-22(26)24-16-8-13-21(29-2)20(23)14-16/h3-14H,15H2,1-2H3,(H,24,26). The van der Waals surface area contributed by atoms with Crippen LogP contribution in [0, 0.1) is 0 Å². The molecule has 31 heavy (non-hydrogen) atoms. The average Bonchev–Trinajstić information content (AvgIpc) is 2.78. The summed E-state index contributed by atoms with van der Waals surface area (Å²) in [5.74, 6) is 0.571. The molecule has 9 heteroatoms. The van der Waals surface area contributed by atoms with Crippen LogP contribution in [0.15, 0.2) is 77.7 Å². The van der Waals surface area contributed by atoms with Gasteiger partial charge in [-0.25, -0.2) is 8.42 Å². The van der Waals surface area contributed by atoms with Gasteiger partial charge in [-0.15, -0.1) is 0 Å². The molecule has 0 bridgehead atoms. The van der Waals surface area contributed by atoms with Crippen LogP contribution in [0.2, 0.25) is 5.02 Å². The minimum Gasteiger partial charge on any atom is -0.495 e. The number of nitrogens with zero attached hydrogens (tertiary/aromatic N) is 1. The van der Waals surface area contributed by atoms with Crippen molar-refractivity contribution in [2.24, 2.45) is 0 Å². The van der Waals surface area contributed by atoms with Crippen LogP contribution < -0.4 is 19.1 Å². The Kier molecular flexibility index (Phi) is 7.04. The van der Waals surface area contributed by atoms with E-state index in [9.17, 15) is 13.2 Å². The molecule has 3 aromatic carbocycles. The van der Waals surface area contributed by atoms with Gasteiger partial charge in [0.05, 0.1) is 22.7 Å². The fourth-order valence-corrected chi connectivity index (χ4v) is 4.21. The Morgan fingerprint density at radius 3 is 2.32 bits per heavy atom. The minimum atomic E-state index is -3.67. The number of anilines is 2. The van der Waals surface area contributed by atoms with Gasteiger partial charge in [0.2, 0.25) is 0 Å². The maximum Gasteiger partial charge on any atom is 0.264 e. The molecule has 0 unspecified atom stereocenters. The van der Waals surface area contributed by atoms with E-state index in [0.29, 0.717) is 27.9 Å². The van der Waals surface area contributed by atoms with Gasteiger partial charge in [-0.3, -0.25) is 9.10 Å². The number of benzene rings is 3. The quantitative estimate of drug-likeness (QED) is 0.544. The Balaban J connectivity index is 1.59. The number of nitrogens with one attached hydrogen (secondary N) is 1. The summed E-state index contributed by atoms with van der Waals surface area (Å²) >= 11 is 6.04. The molecule has 0 aromatic heterocycles. The molecule has 1 amide bonds. The van der Waals surface area contributed by atoms with Crippen molar-refractivity contribution in [1.29, 1.82) is 0 Å². The van der Waals surface area contributed by atoms with Gasteiger partial charge in [-0.1, -0.05) is 29.8 Å². The first-order chi connectivity index (χ1) is 14.8. The van der Waals surface area contributed by atoms with Gasteiger partial charge in [-0.05, 0) is 54.6 Å². The van der Waals surface area contributed by atoms with Gasteiger partial charge in [0.15, 0.2) is 6.61 Å². The number of carbonyl (C=O) groups excluding carboxylic acids is 1. The molecule has 0 saturated carbocycles. The second kappa shape index (κ2) is 9.72. The molecule has 0 spiro atoms. The highest BCUT2D eigenvalue weighted by molar-refractivity contribution is 7.92. The second-order valence-corrected chi connectivity index (χ2v) is 8.84. The van der Waals surface area contributed by atoms with E-state index in [1.165, 1.54) is 30.6 Å². The summed E-state index contributed by atoms with van der Waals surface area (Å²) in [6.45, 7) is -0.221. The molecular weight excluding hydrogens is 440 g/mol. The zero-order chi connectivity index (χ0) is 22.4. The van der Waals surface area contributed by atoms with E-state index in [-0.39, 0.29) is 17.4 Å². The van der Waals surface area contributed by atoms with E-state index < -0.39 is 10.0 Å². The molecule has 0 atom stereocenters. The van der Waals surface area contributed by atoms with Crippen LogP contribution in [0.5, 0.6) is 11.5 Å². The highest BCUT2D eigenvalue weighted by atomic mass is 35.5. The lowest BCUT2D eigenvalue weighted by Gasteiger charge is -2.19. The lowest BCUT2D eigenvalue weighted by atomic mass is 10.3. The fraction of sp³-hybridized carbons (Fsp3) is 0.136. The fourth-order valence-electron chi connectivity index (χ4n) is 2.73. The molecule has 3 rings (SSSR count). The van der Waals surface area contributed by atoms with Crippen molar-refractivity contribution in [3.8, 4) is 11.5 Å². The first kappa shape index (κ1) is 22.5. The molecular formula is C22H21ClN2O5S. The van der Waals surface area contributed by atoms with Gasteiger partial charge in [0.25, 0.3) is 15.9 Å². The van der Waals surface area contributed by atoms with Gasteiger partial charge >= 0.3 is 0 Å². The largest absolute Gasteiger partial charge is 0.495 e. The molecule has 0 aliphatic carbocycles. The highest BCUT2D eigenvalue weighted by Crippen LogP contribution is 2.27. The number of hydrogen-bond donors (Lipinski definition) is 1. The summed E-state index contributed by atoms with van der Waals surface area (Å²) < 4.78 is 37.1. The van der Waals surface area contributed by atoms with Crippen LogP contribution in [0.3, 0.4) is 0 Å². The van der Waals surface area contributed by atoms with Gasteiger partial charge in [0, 0.05) is 12.7 Å². The third-order valence-electron chi connectivity index (χ3n) is 4.41. The SMILES string of the molecule is COc1ccc(NC(=O)COc2ccc(N(C)S(=O)(=O)c3ccccc3)cc2)cc1Cl. The van der Waals surface area contributed by atoms with Crippen LogP contribution in [0.25, 0.3) is 0 Å². The van der Waals surface area contributed by atoms with Crippen LogP contribution in [-0.2, 0) is 14.8 Å². The topological polar surface area (TPSA) is 84.9 Å². The van der Waals surface area contributed by atoms with E-state index in [1.54, 1.807) is 60.7 Å². The molecule has 162 valence electrons. The zero-order valence-electron chi connectivity index (χ0n) is 16.9. The number of rotatable bonds is 8. The number of sulfonamides is 1. The Morgan fingerprint density at radius 2 is 1.71 bits per heavy atom. The highest BCUT2D eigenvalue weighted by Gasteiger charge is 2.20. The Bertz CT molecular complexity index is 1150. The number of hydrogen-bond acceptors (Lipinski definition) is 5. The number of amides is 1. The lowest BCUT2D eigenvalue weighted by molar-refractivity contribution is -0.118. The normalized spacial score (nSPS) is 10.9. The van der Waals surface area contributed by atoms with Crippen molar-refractivity contribution in [2.45, 2.75) is 4.90 Å². The maximum atomic E-state index is 12.7. The first-order valence-corrected chi connectivity index (χ1v) is 11.0. The molecule has 0 saturated heterocycles. The van der Waals surface area contributed by atoms with E-state index >= 15 is 0 Å².